The SMILES string of the molecule is O=S(=O)(NC1CCN(Cc2ccccc2)CC1)c1ccccc1OC(F)(F)F. The van der Waals surface area contributed by atoms with Crippen LogP contribution in [0.3, 0.4) is 0 Å². The third-order valence-electron chi connectivity index (χ3n) is 4.52. The third kappa shape index (κ3) is 5.70. The highest BCUT2D eigenvalue weighted by Gasteiger charge is 2.34. The van der Waals surface area contributed by atoms with Crippen LogP contribution in [0.5, 0.6) is 5.75 Å². The van der Waals surface area contributed by atoms with E-state index < -0.39 is 27.0 Å². The molecule has 3 rings (SSSR count). The van der Waals surface area contributed by atoms with Crippen LogP contribution in [0.4, 0.5) is 13.2 Å². The number of ether oxygens (including phenoxy) is 1. The number of hydrogen-bond acceptors (Lipinski definition) is 4. The standard InChI is InChI=1S/C19H21F3N2O3S/c20-19(21,22)27-17-8-4-5-9-18(17)28(25,26)23-16-10-12-24(13-11-16)14-15-6-2-1-3-7-15/h1-9,16,23H,10-14H2. The predicted molar refractivity (Wildman–Crippen MR) is 98.2 cm³/mol. The molecule has 0 aliphatic carbocycles. The van der Waals surface area contributed by atoms with Crippen molar-refractivity contribution in [1.29, 1.82) is 0 Å². The van der Waals surface area contributed by atoms with E-state index in [0.717, 1.165) is 18.7 Å². The Morgan fingerprint density at radius 2 is 1.61 bits per heavy atom. The molecule has 5 nitrogen and oxygen atoms in total. The Morgan fingerprint density at radius 3 is 2.25 bits per heavy atom. The summed E-state index contributed by atoms with van der Waals surface area (Å²) in [7, 11) is -4.13. The van der Waals surface area contributed by atoms with Crippen LogP contribution < -0.4 is 9.46 Å². The lowest BCUT2D eigenvalue weighted by Crippen LogP contribution is -2.44. The highest BCUT2D eigenvalue weighted by molar-refractivity contribution is 7.89. The predicted octanol–water partition coefficient (Wildman–Crippen LogP) is 3.53. The fourth-order valence-corrected chi connectivity index (χ4v) is 4.65. The van der Waals surface area contributed by atoms with Gasteiger partial charge < -0.3 is 4.74 Å². The van der Waals surface area contributed by atoms with Gasteiger partial charge in [-0.3, -0.25) is 4.90 Å². The van der Waals surface area contributed by atoms with E-state index in [1.54, 1.807) is 0 Å². The van der Waals surface area contributed by atoms with Crippen LogP contribution in [0.15, 0.2) is 59.5 Å². The Labute approximate surface area is 162 Å². The van der Waals surface area contributed by atoms with Crippen LogP contribution >= 0.6 is 0 Å². The number of hydrogen-bond donors (Lipinski definition) is 1. The molecule has 0 amide bonds. The summed E-state index contributed by atoms with van der Waals surface area (Å²) in [5, 5.41) is 0. The van der Waals surface area contributed by atoms with E-state index in [9.17, 15) is 21.6 Å². The molecule has 0 bridgehead atoms. The number of halogens is 3. The van der Waals surface area contributed by atoms with Gasteiger partial charge in [0, 0.05) is 25.7 Å². The van der Waals surface area contributed by atoms with Gasteiger partial charge in [0.25, 0.3) is 0 Å². The van der Waals surface area contributed by atoms with E-state index in [4.69, 9.17) is 0 Å². The Kier molecular flexibility index (Phi) is 6.26. The zero-order valence-electron chi connectivity index (χ0n) is 15.0. The van der Waals surface area contributed by atoms with Crippen LogP contribution in [0.25, 0.3) is 0 Å². The molecule has 0 spiro atoms. The number of benzene rings is 2. The largest absolute Gasteiger partial charge is 0.573 e. The Morgan fingerprint density at radius 1 is 1.00 bits per heavy atom. The molecule has 1 aliphatic rings. The van der Waals surface area contributed by atoms with Gasteiger partial charge in [-0.25, -0.2) is 13.1 Å². The summed E-state index contributed by atoms with van der Waals surface area (Å²) < 4.78 is 69.2. The van der Waals surface area contributed by atoms with Crippen molar-refractivity contribution < 1.29 is 26.3 Å². The molecule has 1 N–H and O–H groups in total. The molecular weight excluding hydrogens is 393 g/mol. The first-order valence-electron chi connectivity index (χ1n) is 8.86. The molecule has 1 fully saturated rings. The summed E-state index contributed by atoms with van der Waals surface area (Å²) >= 11 is 0. The molecule has 0 aromatic heterocycles. The lowest BCUT2D eigenvalue weighted by atomic mass is 10.1. The molecule has 28 heavy (non-hydrogen) atoms. The van der Waals surface area contributed by atoms with Crippen LogP contribution in [-0.2, 0) is 16.6 Å². The van der Waals surface area contributed by atoms with E-state index in [0.29, 0.717) is 25.9 Å². The molecule has 1 heterocycles. The van der Waals surface area contributed by atoms with E-state index >= 15 is 0 Å². The van der Waals surface area contributed by atoms with Crippen molar-refractivity contribution in [3.8, 4) is 5.75 Å². The topological polar surface area (TPSA) is 58.6 Å². The third-order valence-corrected chi connectivity index (χ3v) is 6.08. The van der Waals surface area contributed by atoms with Crippen molar-refractivity contribution in [3.05, 3.63) is 60.2 Å². The maximum Gasteiger partial charge on any atom is 0.573 e. The van der Waals surface area contributed by atoms with Crippen LogP contribution in [-0.4, -0.2) is 38.8 Å². The van der Waals surface area contributed by atoms with Crippen molar-refractivity contribution in [3.63, 3.8) is 0 Å². The summed E-state index contributed by atoms with van der Waals surface area (Å²) in [6.07, 6.45) is -3.81. The molecule has 0 atom stereocenters. The number of nitrogens with one attached hydrogen (secondary N) is 1. The molecule has 9 heteroatoms. The van der Waals surface area contributed by atoms with Gasteiger partial charge in [-0.15, -0.1) is 13.2 Å². The summed E-state index contributed by atoms with van der Waals surface area (Å²) in [6.45, 7) is 2.17. The van der Waals surface area contributed by atoms with Crippen LogP contribution in [0, 0.1) is 0 Å². The van der Waals surface area contributed by atoms with Gasteiger partial charge in [0.15, 0.2) is 0 Å². The highest BCUT2D eigenvalue weighted by Crippen LogP contribution is 2.29. The van der Waals surface area contributed by atoms with Crippen LogP contribution in [0.1, 0.15) is 18.4 Å². The number of alkyl halides is 3. The zero-order chi connectivity index (χ0) is 20.2. The monoisotopic (exact) mass is 414 g/mol. The quantitative estimate of drug-likeness (QED) is 0.786. The Balaban J connectivity index is 1.62. The summed E-state index contributed by atoms with van der Waals surface area (Å²) in [5.41, 5.74) is 1.18. The average Bonchev–Trinajstić information content (AvgIpc) is 2.63. The number of para-hydroxylation sites is 1. The number of rotatable bonds is 6. The summed E-state index contributed by atoms with van der Waals surface area (Å²) in [4.78, 5) is 1.71. The first-order chi connectivity index (χ1) is 13.2. The van der Waals surface area contributed by atoms with Crippen molar-refractivity contribution in [1.82, 2.24) is 9.62 Å². The average molecular weight is 414 g/mol. The maximum atomic E-state index is 12.6. The fourth-order valence-electron chi connectivity index (χ4n) is 3.21. The normalized spacial score (nSPS) is 16.8. The Bertz CT molecular complexity index is 881. The first kappa shape index (κ1) is 20.6. The second-order valence-corrected chi connectivity index (χ2v) is 8.33. The second kappa shape index (κ2) is 8.50. The molecular formula is C19H21F3N2O3S. The minimum absolute atomic E-state index is 0.337. The lowest BCUT2D eigenvalue weighted by molar-refractivity contribution is -0.275. The van der Waals surface area contributed by atoms with E-state index in [2.05, 4.69) is 14.4 Å². The number of sulfonamides is 1. The van der Waals surface area contributed by atoms with Crippen molar-refractivity contribution in [2.75, 3.05) is 13.1 Å². The van der Waals surface area contributed by atoms with Crippen molar-refractivity contribution in [2.24, 2.45) is 0 Å². The molecule has 1 aliphatic heterocycles. The van der Waals surface area contributed by atoms with Gasteiger partial charge in [0.2, 0.25) is 10.0 Å². The molecule has 152 valence electrons. The lowest BCUT2D eigenvalue weighted by Gasteiger charge is -2.32. The number of nitrogens with zero attached hydrogens (tertiary/aromatic N) is 1. The Hall–Kier alpha value is -2.10. The first-order valence-corrected chi connectivity index (χ1v) is 10.3. The summed E-state index contributed by atoms with van der Waals surface area (Å²) in [6, 6.07) is 14.4. The number of piperidine rings is 1. The molecule has 2 aromatic carbocycles. The van der Waals surface area contributed by atoms with E-state index in [-0.39, 0.29) is 6.04 Å². The van der Waals surface area contributed by atoms with Gasteiger partial charge in [0.1, 0.15) is 10.6 Å². The minimum atomic E-state index is -4.96. The minimum Gasteiger partial charge on any atom is -0.404 e. The van der Waals surface area contributed by atoms with Gasteiger partial charge in [-0.1, -0.05) is 42.5 Å². The second-order valence-electron chi connectivity index (χ2n) is 6.65. The van der Waals surface area contributed by atoms with Gasteiger partial charge in [-0.2, -0.15) is 0 Å². The van der Waals surface area contributed by atoms with E-state index in [1.165, 1.54) is 17.7 Å². The molecule has 0 unspecified atom stereocenters. The maximum absolute atomic E-state index is 12.6. The fraction of sp³-hybridized carbons (Fsp3) is 0.368. The van der Waals surface area contributed by atoms with Gasteiger partial charge >= 0.3 is 6.36 Å². The van der Waals surface area contributed by atoms with Gasteiger partial charge in [-0.05, 0) is 30.5 Å². The van der Waals surface area contributed by atoms with Crippen molar-refractivity contribution >= 4 is 10.0 Å². The van der Waals surface area contributed by atoms with Gasteiger partial charge in [0.05, 0.1) is 0 Å². The van der Waals surface area contributed by atoms with Crippen LogP contribution in [0.2, 0.25) is 0 Å². The molecule has 1 saturated heterocycles. The molecule has 2 aromatic rings. The molecule has 0 radical (unpaired) electrons. The summed E-state index contributed by atoms with van der Waals surface area (Å²) in [5.74, 6) is -0.732. The smallest absolute Gasteiger partial charge is 0.404 e. The number of likely N-dealkylation sites (tertiary alicyclic amines) is 1. The zero-order valence-corrected chi connectivity index (χ0v) is 15.8. The van der Waals surface area contributed by atoms with E-state index in [1.807, 2.05) is 30.3 Å². The molecule has 0 saturated carbocycles. The highest BCUT2D eigenvalue weighted by atomic mass is 32.2. The van der Waals surface area contributed by atoms with Crippen molar-refractivity contribution in [2.45, 2.75) is 36.7 Å².